The number of aromatic nitrogens is 1. The topological polar surface area (TPSA) is 34.5 Å². The van der Waals surface area contributed by atoms with Crippen LogP contribution >= 0.6 is 0 Å². The number of benzene rings is 8. The van der Waals surface area contributed by atoms with Crippen LogP contribution in [0.2, 0.25) is 0 Å². The van der Waals surface area contributed by atoms with E-state index in [1.165, 1.54) is 55.4 Å². The van der Waals surface area contributed by atoms with Gasteiger partial charge < -0.3 is 18.3 Å². The number of anilines is 3. The quantitative estimate of drug-likeness (QED) is 0.183. The molecule has 260 valence electrons. The fourth-order valence-corrected chi connectivity index (χ4v) is 9.30. The molecule has 0 radical (unpaired) electrons. The Kier molecular flexibility index (Phi) is 6.09. The number of nitrogens with zero attached hydrogens (tertiary/aromatic N) is 2. The molecular weight excluding hydrogens is 673 g/mol. The summed E-state index contributed by atoms with van der Waals surface area (Å²) in [5.74, 6) is 0. The molecule has 0 fully saturated rings. The van der Waals surface area contributed by atoms with E-state index in [1.807, 2.05) is 24.3 Å². The van der Waals surface area contributed by atoms with E-state index in [1.54, 1.807) is 0 Å². The molecule has 4 heterocycles. The third kappa shape index (κ3) is 4.28. The summed E-state index contributed by atoms with van der Waals surface area (Å²) in [5, 5.41) is 6.98. The average Bonchev–Trinajstić information content (AvgIpc) is 3.90. The Morgan fingerprint density at radius 1 is 0.382 bits per heavy atom. The maximum absolute atomic E-state index is 6.22. The number of rotatable bonds is 3. The van der Waals surface area contributed by atoms with Gasteiger partial charge >= 0.3 is 0 Å². The monoisotopic (exact) mass is 706 g/mol. The summed E-state index contributed by atoms with van der Waals surface area (Å²) >= 11 is 0. The van der Waals surface area contributed by atoms with Gasteiger partial charge in [0.05, 0.1) is 22.4 Å². The van der Waals surface area contributed by atoms with Gasteiger partial charge in [-0.2, -0.15) is 0 Å². The second kappa shape index (κ2) is 11.0. The Bertz CT molecular complexity index is 3370. The van der Waals surface area contributed by atoms with Crippen molar-refractivity contribution in [1.29, 1.82) is 0 Å². The van der Waals surface area contributed by atoms with Crippen LogP contribution in [0.25, 0.3) is 82.5 Å². The maximum Gasteiger partial charge on any atom is 0.135 e. The molecule has 0 bridgehead atoms. The predicted octanol–water partition coefficient (Wildman–Crippen LogP) is 14.4. The van der Waals surface area contributed by atoms with E-state index in [0.29, 0.717) is 0 Å². The number of para-hydroxylation sites is 4. The minimum Gasteiger partial charge on any atom is -0.456 e. The lowest BCUT2D eigenvalue weighted by atomic mass is 9.73. The molecule has 55 heavy (non-hydrogen) atoms. The van der Waals surface area contributed by atoms with E-state index in [9.17, 15) is 0 Å². The van der Waals surface area contributed by atoms with Crippen molar-refractivity contribution in [3.05, 3.63) is 181 Å². The molecule has 1 aliphatic heterocycles. The van der Waals surface area contributed by atoms with Gasteiger partial charge in [0.2, 0.25) is 0 Å². The summed E-state index contributed by atoms with van der Waals surface area (Å²) in [6, 6.07) is 61.3. The van der Waals surface area contributed by atoms with Gasteiger partial charge in [0.15, 0.2) is 0 Å². The van der Waals surface area contributed by atoms with Gasteiger partial charge in [-0.25, -0.2) is 0 Å². The summed E-state index contributed by atoms with van der Waals surface area (Å²) in [5.41, 5.74) is 15.4. The standard InChI is InChI=1S/C51H34N2O2/c1-51(2)41-14-6-8-16-45(41)53(34-22-26-50-40(30-34)37-13-5-10-18-48(37)55-50)46-24-20-32(28-42(46)51)31-19-23-44-38(27-31)35-11-3-7-15-43(35)52(44)33-21-25-49-39(29-33)36-12-4-9-17-47(36)54-49/h3-30H,1-2H3. The zero-order valence-corrected chi connectivity index (χ0v) is 30.4. The normalized spacial score (nSPS) is 13.7. The minimum absolute atomic E-state index is 0.221. The third-order valence-corrected chi connectivity index (χ3v) is 12.0. The van der Waals surface area contributed by atoms with E-state index >= 15 is 0 Å². The number of fused-ring (bicyclic) bond motifs is 11. The summed E-state index contributed by atoms with van der Waals surface area (Å²) in [7, 11) is 0. The Hall–Kier alpha value is -7.04. The van der Waals surface area contributed by atoms with Crippen LogP contribution in [0.1, 0.15) is 25.0 Å². The van der Waals surface area contributed by atoms with Crippen LogP contribution in [-0.4, -0.2) is 4.57 Å². The first kappa shape index (κ1) is 30.4. The van der Waals surface area contributed by atoms with Gasteiger partial charge in [0, 0.05) is 49.1 Å². The molecule has 0 aliphatic carbocycles. The first-order valence-corrected chi connectivity index (χ1v) is 18.9. The molecular formula is C51H34N2O2. The average molecular weight is 707 g/mol. The summed E-state index contributed by atoms with van der Waals surface area (Å²) < 4.78 is 14.8. The van der Waals surface area contributed by atoms with Crippen molar-refractivity contribution in [2.24, 2.45) is 0 Å². The van der Waals surface area contributed by atoms with Crippen LogP contribution in [0, 0.1) is 0 Å². The highest BCUT2D eigenvalue weighted by Crippen LogP contribution is 2.53. The van der Waals surface area contributed by atoms with E-state index in [2.05, 4.69) is 169 Å². The molecule has 4 heteroatoms. The van der Waals surface area contributed by atoms with Crippen molar-refractivity contribution in [2.45, 2.75) is 19.3 Å². The minimum atomic E-state index is -0.221. The van der Waals surface area contributed by atoms with Gasteiger partial charge in [-0.05, 0) is 107 Å². The molecule has 0 atom stereocenters. The van der Waals surface area contributed by atoms with Gasteiger partial charge in [0.25, 0.3) is 0 Å². The number of hydrogen-bond donors (Lipinski definition) is 0. The number of furan rings is 2. The van der Waals surface area contributed by atoms with E-state index in [4.69, 9.17) is 8.83 Å². The van der Waals surface area contributed by atoms with Crippen molar-refractivity contribution in [3.63, 3.8) is 0 Å². The zero-order chi connectivity index (χ0) is 36.4. The molecule has 0 unspecified atom stereocenters. The van der Waals surface area contributed by atoms with E-state index in [-0.39, 0.29) is 5.41 Å². The van der Waals surface area contributed by atoms with Crippen LogP contribution < -0.4 is 4.90 Å². The first-order valence-electron chi connectivity index (χ1n) is 18.9. The first-order chi connectivity index (χ1) is 27.0. The van der Waals surface area contributed by atoms with Gasteiger partial charge in [-0.15, -0.1) is 0 Å². The van der Waals surface area contributed by atoms with Crippen molar-refractivity contribution in [1.82, 2.24) is 4.57 Å². The predicted molar refractivity (Wildman–Crippen MR) is 228 cm³/mol. The van der Waals surface area contributed by atoms with Crippen LogP contribution in [-0.2, 0) is 5.41 Å². The van der Waals surface area contributed by atoms with Gasteiger partial charge in [0.1, 0.15) is 22.3 Å². The lowest BCUT2D eigenvalue weighted by Gasteiger charge is -2.42. The molecule has 3 aromatic heterocycles. The smallest absolute Gasteiger partial charge is 0.135 e. The van der Waals surface area contributed by atoms with Crippen LogP contribution in [0.15, 0.2) is 179 Å². The third-order valence-electron chi connectivity index (χ3n) is 12.0. The van der Waals surface area contributed by atoms with Crippen molar-refractivity contribution < 1.29 is 8.83 Å². The van der Waals surface area contributed by atoms with Gasteiger partial charge in [-0.3, -0.25) is 0 Å². The Labute approximate surface area is 317 Å². The molecule has 11 aromatic rings. The van der Waals surface area contributed by atoms with Crippen LogP contribution in [0.5, 0.6) is 0 Å². The maximum atomic E-state index is 6.22. The zero-order valence-electron chi connectivity index (χ0n) is 30.4. The second-order valence-corrected chi connectivity index (χ2v) is 15.4. The molecule has 0 amide bonds. The molecule has 0 N–H and O–H groups in total. The fourth-order valence-electron chi connectivity index (χ4n) is 9.30. The lowest BCUT2D eigenvalue weighted by Crippen LogP contribution is -2.30. The van der Waals surface area contributed by atoms with E-state index < -0.39 is 0 Å². The van der Waals surface area contributed by atoms with Crippen molar-refractivity contribution in [2.75, 3.05) is 4.90 Å². The molecule has 0 saturated heterocycles. The summed E-state index contributed by atoms with van der Waals surface area (Å²) in [6.07, 6.45) is 0. The highest BCUT2D eigenvalue weighted by atomic mass is 16.3. The van der Waals surface area contributed by atoms with E-state index in [0.717, 1.165) is 55.3 Å². The SMILES string of the molecule is CC1(C)c2ccccc2N(c2ccc3oc4ccccc4c3c2)c2ccc(-c3ccc4c(c3)c3ccccc3n4-c3ccc4oc5ccccc5c4c3)cc21. The molecule has 1 aliphatic rings. The molecule has 8 aromatic carbocycles. The highest BCUT2D eigenvalue weighted by molar-refractivity contribution is 6.12. The molecule has 0 spiro atoms. The van der Waals surface area contributed by atoms with Crippen molar-refractivity contribution in [3.8, 4) is 16.8 Å². The lowest BCUT2D eigenvalue weighted by molar-refractivity contribution is 0.632. The summed E-state index contributed by atoms with van der Waals surface area (Å²) in [6.45, 7) is 4.71. The Morgan fingerprint density at radius 3 is 1.69 bits per heavy atom. The van der Waals surface area contributed by atoms with Crippen molar-refractivity contribution >= 4 is 82.7 Å². The summed E-state index contributed by atoms with van der Waals surface area (Å²) in [4.78, 5) is 2.43. The Morgan fingerprint density at radius 2 is 0.927 bits per heavy atom. The second-order valence-electron chi connectivity index (χ2n) is 15.4. The number of hydrogen-bond acceptors (Lipinski definition) is 3. The fraction of sp³-hybridized carbons (Fsp3) is 0.0588. The molecule has 4 nitrogen and oxygen atoms in total. The van der Waals surface area contributed by atoms with Gasteiger partial charge in [-0.1, -0.05) is 98.8 Å². The molecule has 12 rings (SSSR count). The van der Waals surface area contributed by atoms with Crippen LogP contribution in [0.4, 0.5) is 17.1 Å². The Balaban J connectivity index is 1.02. The highest BCUT2D eigenvalue weighted by Gasteiger charge is 2.37. The molecule has 0 saturated carbocycles. The largest absolute Gasteiger partial charge is 0.456 e. The van der Waals surface area contributed by atoms with Crippen LogP contribution in [0.3, 0.4) is 0 Å².